The molecule has 0 radical (unpaired) electrons. The zero-order valence-electron chi connectivity index (χ0n) is 12.6. The minimum atomic E-state index is -0.331. The third-order valence-electron chi connectivity index (χ3n) is 3.60. The summed E-state index contributed by atoms with van der Waals surface area (Å²) >= 11 is 0. The molecule has 1 N–H and O–H groups in total. The monoisotopic (exact) mass is 293 g/mol. The number of morpholine rings is 1. The predicted molar refractivity (Wildman–Crippen MR) is 81.3 cm³/mol. The van der Waals surface area contributed by atoms with Gasteiger partial charge in [-0.15, -0.1) is 0 Å². The lowest BCUT2D eigenvalue weighted by Gasteiger charge is -2.35. The Morgan fingerprint density at radius 1 is 1.33 bits per heavy atom. The Morgan fingerprint density at radius 3 is 2.67 bits per heavy atom. The fraction of sp³-hybridized carbons (Fsp3) is 0.600. The van der Waals surface area contributed by atoms with E-state index in [-0.39, 0.29) is 22.8 Å². The van der Waals surface area contributed by atoms with Crippen LogP contribution in [0.2, 0.25) is 0 Å². The standard InChI is InChI=1S/C15H23N3O3/c1-12-10-17(11-13(2)21-12)8-7-16-9-14-5-3-4-6-15(14)18(19)20/h3-6,12-13,16H,7-11H2,1-2H3/t12-,13-/m1/s1. The molecule has 0 bridgehead atoms. The Morgan fingerprint density at radius 2 is 2.00 bits per heavy atom. The first kappa shape index (κ1) is 15.9. The Balaban J connectivity index is 1.76. The molecule has 0 amide bonds. The second-order valence-electron chi connectivity index (χ2n) is 5.58. The van der Waals surface area contributed by atoms with Crippen molar-refractivity contribution < 1.29 is 9.66 Å². The molecule has 1 saturated heterocycles. The third-order valence-corrected chi connectivity index (χ3v) is 3.60. The fourth-order valence-corrected chi connectivity index (χ4v) is 2.77. The molecule has 1 fully saturated rings. The summed E-state index contributed by atoms with van der Waals surface area (Å²) in [7, 11) is 0. The van der Waals surface area contributed by atoms with E-state index in [1.165, 1.54) is 0 Å². The molecule has 0 aromatic heterocycles. The van der Waals surface area contributed by atoms with E-state index in [1.54, 1.807) is 18.2 Å². The summed E-state index contributed by atoms with van der Waals surface area (Å²) in [6, 6.07) is 6.86. The first-order chi connectivity index (χ1) is 10.1. The number of nitro benzene ring substituents is 1. The Kier molecular flexibility index (Phi) is 5.67. The average molecular weight is 293 g/mol. The van der Waals surface area contributed by atoms with E-state index in [1.807, 2.05) is 6.07 Å². The van der Waals surface area contributed by atoms with Crippen molar-refractivity contribution >= 4 is 5.69 Å². The third kappa shape index (κ3) is 4.77. The molecule has 1 heterocycles. The van der Waals surface area contributed by atoms with Crippen LogP contribution < -0.4 is 5.32 Å². The zero-order valence-corrected chi connectivity index (χ0v) is 12.6. The molecule has 1 aliphatic rings. The number of hydrogen-bond acceptors (Lipinski definition) is 5. The van der Waals surface area contributed by atoms with Gasteiger partial charge in [-0.05, 0) is 13.8 Å². The number of nitrogens with one attached hydrogen (secondary N) is 1. The van der Waals surface area contributed by atoms with Gasteiger partial charge in [-0.3, -0.25) is 15.0 Å². The van der Waals surface area contributed by atoms with Gasteiger partial charge in [-0.2, -0.15) is 0 Å². The van der Waals surface area contributed by atoms with Gasteiger partial charge in [0.15, 0.2) is 0 Å². The van der Waals surface area contributed by atoms with Gasteiger partial charge in [0, 0.05) is 44.4 Å². The molecule has 6 nitrogen and oxygen atoms in total. The highest BCUT2D eigenvalue weighted by atomic mass is 16.6. The quantitative estimate of drug-likeness (QED) is 0.492. The maximum atomic E-state index is 10.9. The molecule has 2 atom stereocenters. The summed E-state index contributed by atoms with van der Waals surface area (Å²) in [6.07, 6.45) is 0.535. The molecule has 21 heavy (non-hydrogen) atoms. The Bertz CT molecular complexity index is 471. The Hall–Kier alpha value is -1.50. The van der Waals surface area contributed by atoms with Crippen LogP contribution in [0.3, 0.4) is 0 Å². The van der Waals surface area contributed by atoms with Gasteiger partial charge in [0.1, 0.15) is 0 Å². The van der Waals surface area contributed by atoms with E-state index in [4.69, 9.17) is 4.74 Å². The van der Waals surface area contributed by atoms with Crippen molar-refractivity contribution in [3.63, 3.8) is 0 Å². The Labute approximate surface area is 125 Å². The van der Waals surface area contributed by atoms with Gasteiger partial charge in [-0.25, -0.2) is 0 Å². The number of rotatable bonds is 6. The molecular weight excluding hydrogens is 270 g/mol. The molecule has 1 aliphatic heterocycles. The molecular formula is C15H23N3O3. The van der Waals surface area contributed by atoms with E-state index in [0.717, 1.165) is 31.7 Å². The lowest BCUT2D eigenvalue weighted by molar-refractivity contribution is -0.385. The predicted octanol–water partition coefficient (Wildman–Crippen LogP) is 1.79. The number of nitro groups is 1. The number of benzene rings is 1. The van der Waals surface area contributed by atoms with Gasteiger partial charge in [0.05, 0.1) is 17.1 Å². The fourth-order valence-electron chi connectivity index (χ4n) is 2.77. The minimum absolute atomic E-state index is 0.179. The topological polar surface area (TPSA) is 67.6 Å². The largest absolute Gasteiger partial charge is 0.373 e. The van der Waals surface area contributed by atoms with Crippen LogP contribution in [-0.4, -0.2) is 48.2 Å². The molecule has 0 aliphatic carbocycles. The van der Waals surface area contributed by atoms with E-state index in [9.17, 15) is 10.1 Å². The molecule has 0 unspecified atom stereocenters. The van der Waals surface area contributed by atoms with Crippen molar-refractivity contribution in [3.8, 4) is 0 Å². The number of hydrogen-bond donors (Lipinski definition) is 1. The molecule has 116 valence electrons. The van der Waals surface area contributed by atoms with Crippen LogP contribution in [0.15, 0.2) is 24.3 Å². The lowest BCUT2D eigenvalue weighted by atomic mass is 10.2. The lowest BCUT2D eigenvalue weighted by Crippen LogP contribution is -2.47. The highest BCUT2D eigenvalue weighted by molar-refractivity contribution is 5.39. The summed E-state index contributed by atoms with van der Waals surface area (Å²) in [5, 5.41) is 14.2. The number of para-hydroxylation sites is 1. The number of ether oxygens (including phenoxy) is 1. The first-order valence-corrected chi connectivity index (χ1v) is 7.37. The van der Waals surface area contributed by atoms with Crippen LogP contribution >= 0.6 is 0 Å². The van der Waals surface area contributed by atoms with Gasteiger partial charge < -0.3 is 10.1 Å². The molecule has 1 aromatic rings. The minimum Gasteiger partial charge on any atom is -0.373 e. The summed E-state index contributed by atoms with van der Waals surface area (Å²) in [6.45, 7) is 8.32. The van der Waals surface area contributed by atoms with Gasteiger partial charge in [0.25, 0.3) is 5.69 Å². The molecule has 0 saturated carbocycles. The maximum absolute atomic E-state index is 10.9. The van der Waals surface area contributed by atoms with Crippen molar-refractivity contribution in [2.45, 2.75) is 32.6 Å². The molecule has 6 heteroatoms. The normalized spacial score (nSPS) is 23.1. The zero-order chi connectivity index (χ0) is 15.2. The van der Waals surface area contributed by atoms with Crippen LogP contribution in [0.4, 0.5) is 5.69 Å². The first-order valence-electron chi connectivity index (χ1n) is 7.37. The van der Waals surface area contributed by atoms with Gasteiger partial charge in [0.2, 0.25) is 0 Å². The van der Waals surface area contributed by atoms with Crippen LogP contribution in [0.1, 0.15) is 19.4 Å². The van der Waals surface area contributed by atoms with Crippen molar-refractivity contribution in [2.75, 3.05) is 26.2 Å². The van der Waals surface area contributed by atoms with Crippen molar-refractivity contribution in [3.05, 3.63) is 39.9 Å². The molecule has 2 rings (SSSR count). The molecule has 1 aromatic carbocycles. The van der Waals surface area contributed by atoms with E-state index < -0.39 is 0 Å². The van der Waals surface area contributed by atoms with Crippen LogP contribution in [0, 0.1) is 10.1 Å². The SMILES string of the molecule is C[C@@H]1CN(CCNCc2ccccc2[N+](=O)[O-])C[C@@H](C)O1. The summed E-state index contributed by atoms with van der Waals surface area (Å²) in [5.74, 6) is 0. The van der Waals surface area contributed by atoms with Crippen molar-refractivity contribution in [1.29, 1.82) is 0 Å². The smallest absolute Gasteiger partial charge is 0.273 e. The van der Waals surface area contributed by atoms with Crippen LogP contribution in [0.5, 0.6) is 0 Å². The van der Waals surface area contributed by atoms with E-state index >= 15 is 0 Å². The highest BCUT2D eigenvalue weighted by Crippen LogP contribution is 2.17. The van der Waals surface area contributed by atoms with E-state index in [2.05, 4.69) is 24.1 Å². The molecule has 0 spiro atoms. The van der Waals surface area contributed by atoms with E-state index in [0.29, 0.717) is 6.54 Å². The highest BCUT2D eigenvalue weighted by Gasteiger charge is 2.21. The summed E-state index contributed by atoms with van der Waals surface area (Å²) in [5.41, 5.74) is 0.907. The summed E-state index contributed by atoms with van der Waals surface area (Å²) < 4.78 is 5.70. The van der Waals surface area contributed by atoms with Crippen LogP contribution in [0.25, 0.3) is 0 Å². The number of nitrogens with zero attached hydrogens (tertiary/aromatic N) is 2. The second-order valence-corrected chi connectivity index (χ2v) is 5.58. The maximum Gasteiger partial charge on any atom is 0.273 e. The summed E-state index contributed by atoms with van der Waals surface area (Å²) in [4.78, 5) is 13.0. The van der Waals surface area contributed by atoms with Gasteiger partial charge >= 0.3 is 0 Å². The van der Waals surface area contributed by atoms with Crippen LogP contribution in [-0.2, 0) is 11.3 Å². The average Bonchev–Trinajstić information content (AvgIpc) is 2.43. The second kappa shape index (κ2) is 7.49. The van der Waals surface area contributed by atoms with Crippen molar-refractivity contribution in [1.82, 2.24) is 10.2 Å². The van der Waals surface area contributed by atoms with Crippen molar-refractivity contribution in [2.24, 2.45) is 0 Å². The van der Waals surface area contributed by atoms with Gasteiger partial charge in [-0.1, -0.05) is 18.2 Å².